The van der Waals surface area contributed by atoms with Crippen LogP contribution in [-0.2, 0) is 45.9 Å². The molecule has 23 rings (SSSR count). The molecule has 1 N–H and O–H groups in total. The number of fused-ring (bicyclic) bond motifs is 8. The summed E-state index contributed by atoms with van der Waals surface area (Å²) in [5.74, 6) is 0.00965. The highest BCUT2D eigenvalue weighted by Crippen LogP contribution is 2.35. The van der Waals surface area contributed by atoms with Crippen molar-refractivity contribution >= 4 is 76.8 Å². The van der Waals surface area contributed by atoms with Gasteiger partial charge in [-0.1, -0.05) is 231 Å². The Hall–Kier alpha value is -17.2. The molecule has 0 fully saturated rings. The van der Waals surface area contributed by atoms with Crippen LogP contribution in [0, 0.1) is 23.0 Å². The van der Waals surface area contributed by atoms with Crippen molar-refractivity contribution in [3.05, 3.63) is 458 Å². The van der Waals surface area contributed by atoms with Crippen LogP contribution in [0.25, 0.3) is 132 Å². The Kier molecular flexibility index (Phi) is 24.7. The first kappa shape index (κ1) is 82.4. The maximum atomic E-state index is 14.0. The number of H-pyrrole nitrogens is 1. The van der Waals surface area contributed by atoms with Crippen molar-refractivity contribution < 1.29 is 37.7 Å². The van der Waals surface area contributed by atoms with Crippen molar-refractivity contribution in [1.29, 1.82) is 5.26 Å². The number of nitrogens with zero attached hydrogens (tertiary/aromatic N) is 11. The van der Waals surface area contributed by atoms with Crippen LogP contribution in [0.3, 0.4) is 0 Å². The van der Waals surface area contributed by atoms with Crippen LogP contribution >= 0.6 is 0 Å². The van der Waals surface area contributed by atoms with Gasteiger partial charge in [0.25, 0.3) is 0 Å². The molecule has 0 radical (unpaired) electrons. The molecule has 0 spiro atoms. The molecule has 0 bridgehead atoms. The topological polar surface area (TPSA) is 184 Å². The van der Waals surface area contributed by atoms with E-state index in [0.717, 1.165) is 165 Å². The van der Waals surface area contributed by atoms with Crippen LogP contribution < -0.4 is 28.9 Å². The number of pyridine rings is 5. The van der Waals surface area contributed by atoms with Gasteiger partial charge < -0.3 is 33.9 Å². The summed E-state index contributed by atoms with van der Waals surface area (Å²) in [4.78, 5) is 55.6. The zero-order valence-electron chi connectivity index (χ0n) is 70.5. The van der Waals surface area contributed by atoms with Crippen molar-refractivity contribution in [2.45, 2.75) is 45.9 Å². The van der Waals surface area contributed by atoms with Gasteiger partial charge in [-0.3, -0.25) is 24.9 Å². The number of nitriles is 1. The molecule has 11 aromatic carbocycles. The molecule has 130 heavy (non-hydrogen) atoms. The van der Waals surface area contributed by atoms with E-state index in [1.54, 1.807) is 35.9 Å². The van der Waals surface area contributed by atoms with Gasteiger partial charge >= 0.3 is 0 Å². The Labute approximate surface area is 747 Å². The number of nitrogens with one attached hydrogen (secondary N) is 1. The normalized spacial score (nSPS) is 11.3. The quantitative estimate of drug-likeness (QED) is 0.0719. The van der Waals surface area contributed by atoms with Gasteiger partial charge in [0.15, 0.2) is 0 Å². The van der Waals surface area contributed by atoms with Gasteiger partial charge in [0, 0.05) is 113 Å². The summed E-state index contributed by atoms with van der Waals surface area (Å²) in [6.07, 6.45) is 21.9. The fraction of sp³-hybridized carbons (Fsp3) is 0.0727. The van der Waals surface area contributed by atoms with Gasteiger partial charge in [0.1, 0.15) is 78.0 Å². The van der Waals surface area contributed by atoms with E-state index >= 15 is 0 Å². The Morgan fingerprint density at radius 1 is 0.315 bits per heavy atom. The van der Waals surface area contributed by atoms with E-state index in [-0.39, 0.29) is 5.56 Å². The summed E-state index contributed by atoms with van der Waals surface area (Å²) in [6, 6.07) is 113. The van der Waals surface area contributed by atoms with Crippen molar-refractivity contribution in [2.24, 2.45) is 0 Å². The molecular formula is C110H84F2N12O6. The number of aromatic nitrogens is 11. The van der Waals surface area contributed by atoms with E-state index in [0.29, 0.717) is 56.1 Å². The maximum absolute atomic E-state index is 14.0. The largest absolute Gasteiger partial charge is 0.493 e. The van der Waals surface area contributed by atoms with Crippen molar-refractivity contribution in [1.82, 2.24) is 53.6 Å². The number of aromatic amines is 1. The van der Waals surface area contributed by atoms with E-state index in [1.807, 2.05) is 232 Å². The molecule has 11 aromatic heterocycles. The van der Waals surface area contributed by atoms with Crippen LogP contribution in [0.5, 0.6) is 5.75 Å². The van der Waals surface area contributed by atoms with E-state index in [9.17, 15) is 8.78 Å². The minimum absolute atomic E-state index is 0.171. The highest BCUT2D eigenvalue weighted by molar-refractivity contribution is 5.91. The summed E-state index contributed by atoms with van der Waals surface area (Å²) >= 11 is 0. The van der Waals surface area contributed by atoms with Crippen LogP contribution in [0.2, 0.25) is 0 Å². The highest BCUT2D eigenvalue weighted by atomic mass is 19.1. The Bertz CT molecular complexity index is 7690. The van der Waals surface area contributed by atoms with Crippen LogP contribution in [0.15, 0.2) is 408 Å². The van der Waals surface area contributed by atoms with Crippen molar-refractivity contribution in [3.8, 4) is 67.5 Å². The third-order valence-corrected chi connectivity index (χ3v) is 22.4. The molecule has 0 aliphatic carbocycles. The predicted molar refractivity (Wildman–Crippen MR) is 507 cm³/mol. The van der Waals surface area contributed by atoms with Crippen LogP contribution in [0.1, 0.15) is 38.9 Å². The number of hydrogen-bond acceptors (Lipinski definition) is 12. The molecule has 634 valence electrons. The predicted octanol–water partition coefficient (Wildman–Crippen LogP) is 23.6. The molecule has 0 amide bonds. The first-order valence-electron chi connectivity index (χ1n) is 42.6. The SMILES string of the molecule is Fc1ccc(F)c(-c2cnc3ccn(OCc4ccccc4)c3c2)c1.N#CCc1ccc(-c2cnc3ccn(OCc4ccccc4)c3c2)cc1.c1ccc(COn2ccc3ncc(-c4ccc5c(c4)CCO5)cc32)cc1.c1ccc(COn2ccc3ncc(-c4ccc5cc[nH]c5c4)cc32)cc1.c1ccc(COn2ccc3ncc(-c4ccc5ccccc5c4)cc32)cc1. The van der Waals surface area contributed by atoms with E-state index in [1.165, 1.54) is 27.9 Å². The third kappa shape index (κ3) is 19.5. The first-order chi connectivity index (χ1) is 64.1. The minimum Gasteiger partial charge on any atom is -0.493 e. The minimum atomic E-state index is -0.495. The lowest BCUT2D eigenvalue weighted by atomic mass is 10.0. The van der Waals surface area contributed by atoms with Gasteiger partial charge in [-0.15, -0.1) is 0 Å². The molecular weight excluding hydrogens is 1620 g/mol. The molecule has 1 aliphatic rings. The molecule has 22 aromatic rings. The summed E-state index contributed by atoms with van der Waals surface area (Å²) < 4.78 is 41.8. The fourth-order valence-corrected chi connectivity index (χ4v) is 15.5. The smallest absolute Gasteiger partial charge is 0.140 e. The standard InChI is InChI=1S/C24H18N2O.2C22H17N3O.C22H18N2O2.C20H14F2N2O/c1-2-6-18(7-3-1)17-27-26-13-12-23-24(26)15-22(16-25-23)21-11-10-19-8-4-5-9-20(19)14-21;1-2-4-16(5-3-1)15-26-25-11-9-20-22(25)13-19(14-24-20)18-7-6-17-8-10-23-21(17)12-18;23-12-10-17-6-8-19(9-7-17)20-14-22-21(24-15-20)11-13-25(22)26-16-18-4-2-1-3-5-18;1-2-4-16(5-3-1)15-26-24-10-8-20-21(24)13-19(14-23-20)17-6-7-22-18(12-17)9-11-25-22;21-16-6-7-18(22)17(11-16)15-10-20-19(23-12-15)8-9-24(20)25-13-14-4-2-1-3-5-14/h1-16H,17H2;1-14,23H,15H2;1-9,11,13-15H,10,16H2;1-8,10,12-14H,9,11,15H2;1-12H,13H2. The third-order valence-electron chi connectivity index (χ3n) is 22.4. The number of benzene rings is 11. The maximum Gasteiger partial charge on any atom is 0.140 e. The van der Waals surface area contributed by atoms with Crippen molar-refractivity contribution in [3.63, 3.8) is 0 Å². The van der Waals surface area contributed by atoms with Gasteiger partial charge in [-0.2, -0.15) is 28.9 Å². The summed E-state index contributed by atoms with van der Waals surface area (Å²) in [5.41, 5.74) is 27.3. The van der Waals surface area contributed by atoms with Crippen LogP contribution in [0.4, 0.5) is 8.78 Å². The molecule has 0 saturated heterocycles. The zero-order valence-corrected chi connectivity index (χ0v) is 70.5. The molecule has 0 unspecified atom stereocenters. The van der Waals surface area contributed by atoms with Gasteiger partial charge in [-0.25, -0.2) is 8.78 Å². The molecule has 18 nitrogen and oxygen atoms in total. The average Bonchev–Trinajstić information content (AvgIpc) is 1.69. The van der Waals surface area contributed by atoms with Gasteiger partial charge in [0.05, 0.1) is 46.7 Å². The molecule has 20 heteroatoms. The number of hydrogen-bond donors (Lipinski definition) is 1. The fourth-order valence-electron chi connectivity index (χ4n) is 15.5. The zero-order chi connectivity index (χ0) is 87.7. The van der Waals surface area contributed by atoms with E-state index in [2.05, 4.69) is 175 Å². The summed E-state index contributed by atoms with van der Waals surface area (Å²) in [6.45, 7) is 3.21. The molecule has 12 heterocycles. The lowest BCUT2D eigenvalue weighted by Gasteiger charge is -2.09. The Morgan fingerprint density at radius 3 is 1.11 bits per heavy atom. The lowest BCUT2D eigenvalue weighted by molar-refractivity contribution is 0.107. The lowest BCUT2D eigenvalue weighted by Crippen LogP contribution is -2.09. The van der Waals surface area contributed by atoms with E-state index in [4.69, 9.17) is 34.2 Å². The summed E-state index contributed by atoms with van der Waals surface area (Å²) in [5, 5.41) is 12.5. The number of halogens is 2. The molecule has 0 atom stereocenters. The average molecular weight is 1710 g/mol. The number of rotatable bonds is 21. The first-order valence-corrected chi connectivity index (χ1v) is 42.6. The second-order valence-corrected chi connectivity index (χ2v) is 31.1. The Balaban J connectivity index is 0.000000105. The molecule has 0 saturated carbocycles. The van der Waals surface area contributed by atoms with Gasteiger partial charge in [-0.05, 0) is 187 Å². The second-order valence-electron chi connectivity index (χ2n) is 31.1. The van der Waals surface area contributed by atoms with Gasteiger partial charge in [0.2, 0.25) is 0 Å². The monoisotopic (exact) mass is 1710 g/mol. The molecule has 1 aliphatic heterocycles. The number of ether oxygens (including phenoxy) is 1. The highest BCUT2D eigenvalue weighted by Gasteiger charge is 2.18. The second kappa shape index (κ2) is 38.9. The Morgan fingerprint density at radius 2 is 0.677 bits per heavy atom. The van der Waals surface area contributed by atoms with Crippen molar-refractivity contribution in [2.75, 3.05) is 6.61 Å². The van der Waals surface area contributed by atoms with E-state index < -0.39 is 11.6 Å². The summed E-state index contributed by atoms with van der Waals surface area (Å²) in [7, 11) is 0. The van der Waals surface area contributed by atoms with Crippen LogP contribution in [-0.4, -0.2) is 60.2 Å².